The molecule has 0 bridgehead atoms. The van der Waals surface area contributed by atoms with Gasteiger partial charge in [0.2, 0.25) is 5.91 Å². The predicted octanol–water partition coefficient (Wildman–Crippen LogP) is 4.38. The lowest BCUT2D eigenvalue weighted by molar-refractivity contribution is 0.100. The second-order valence-corrected chi connectivity index (χ2v) is 9.73. The van der Waals surface area contributed by atoms with Crippen molar-refractivity contribution >= 4 is 29.0 Å². The summed E-state index contributed by atoms with van der Waals surface area (Å²) in [5, 5.41) is 12.9. The van der Waals surface area contributed by atoms with Crippen molar-refractivity contribution in [1.29, 1.82) is 0 Å². The highest BCUT2D eigenvalue weighted by Gasteiger charge is 2.19. The predicted molar refractivity (Wildman–Crippen MR) is 131 cm³/mol. The third kappa shape index (κ3) is 5.00. The van der Waals surface area contributed by atoms with Crippen molar-refractivity contribution in [3.63, 3.8) is 0 Å². The molecule has 0 saturated carbocycles. The minimum atomic E-state index is -0.426. The fourth-order valence-electron chi connectivity index (χ4n) is 3.89. The van der Waals surface area contributed by atoms with Gasteiger partial charge in [-0.15, -0.1) is 21.5 Å². The van der Waals surface area contributed by atoms with E-state index in [1.54, 1.807) is 35.2 Å². The Hall–Kier alpha value is -3.01. The van der Waals surface area contributed by atoms with Crippen LogP contribution in [0.2, 0.25) is 0 Å². The van der Waals surface area contributed by atoms with Crippen LogP contribution in [0.15, 0.2) is 65.1 Å². The van der Waals surface area contributed by atoms with Gasteiger partial charge in [0.1, 0.15) is 5.01 Å². The van der Waals surface area contributed by atoms with Gasteiger partial charge in [0.05, 0.1) is 12.2 Å². The molecule has 7 nitrogen and oxygen atoms in total. The van der Waals surface area contributed by atoms with E-state index in [-0.39, 0.29) is 0 Å². The number of para-hydroxylation sites is 1. The van der Waals surface area contributed by atoms with Gasteiger partial charge in [-0.3, -0.25) is 14.3 Å². The number of carbonyl (C=O) groups is 1. The normalized spacial score (nSPS) is 14.1. The van der Waals surface area contributed by atoms with E-state index < -0.39 is 5.91 Å². The number of benzene rings is 2. The Morgan fingerprint density at radius 2 is 1.79 bits per heavy atom. The Morgan fingerprint density at radius 1 is 1.03 bits per heavy atom. The van der Waals surface area contributed by atoms with E-state index in [4.69, 9.17) is 10.7 Å². The number of nitrogens with two attached hydrogens (primary N) is 1. The fraction of sp³-hybridized carbons (Fsp3) is 0.250. The Bertz CT molecular complexity index is 1230. The number of nitrogens with zero attached hydrogens (tertiary/aromatic N) is 5. The summed E-state index contributed by atoms with van der Waals surface area (Å²) in [6, 6.07) is 17.5. The molecule has 0 radical (unpaired) electrons. The summed E-state index contributed by atoms with van der Waals surface area (Å²) < 4.78 is 2.17. The molecule has 4 aromatic rings. The van der Waals surface area contributed by atoms with E-state index >= 15 is 0 Å². The summed E-state index contributed by atoms with van der Waals surface area (Å²) in [6.07, 6.45) is 2.50. The van der Waals surface area contributed by atoms with Crippen LogP contribution in [0.5, 0.6) is 0 Å². The number of thioether (sulfide) groups is 1. The molecule has 168 valence electrons. The van der Waals surface area contributed by atoms with Crippen LogP contribution in [0.1, 0.15) is 34.7 Å². The van der Waals surface area contributed by atoms with E-state index in [0.29, 0.717) is 11.3 Å². The van der Waals surface area contributed by atoms with Gasteiger partial charge in [0, 0.05) is 27.9 Å². The molecule has 1 saturated heterocycles. The maximum absolute atomic E-state index is 11.3. The molecule has 1 aliphatic rings. The van der Waals surface area contributed by atoms with E-state index in [1.807, 2.05) is 30.3 Å². The third-order valence-electron chi connectivity index (χ3n) is 5.60. The zero-order valence-electron chi connectivity index (χ0n) is 18.1. The summed E-state index contributed by atoms with van der Waals surface area (Å²) >= 11 is 3.23. The highest BCUT2D eigenvalue weighted by molar-refractivity contribution is 7.98. The monoisotopic (exact) mass is 476 g/mol. The highest BCUT2D eigenvalue weighted by Crippen LogP contribution is 2.29. The van der Waals surface area contributed by atoms with Crippen LogP contribution in [-0.2, 0) is 12.3 Å². The molecule has 0 spiro atoms. The van der Waals surface area contributed by atoms with Crippen molar-refractivity contribution in [2.45, 2.75) is 30.3 Å². The zero-order chi connectivity index (χ0) is 22.6. The molecule has 1 aliphatic heterocycles. The molecule has 1 fully saturated rings. The van der Waals surface area contributed by atoms with Gasteiger partial charge in [-0.1, -0.05) is 42.1 Å². The zero-order valence-corrected chi connectivity index (χ0v) is 19.7. The second kappa shape index (κ2) is 9.86. The van der Waals surface area contributed by atoms with Gasteiger partial charge < -0.3 is 5.73 Å². The van der Waals surface area contributed by atoms with Crippen molar-refractivity contribution in [3.8, 4) is 16.3 Å². The first-order valence-electron chi connectivity index (χ1n) is 10.9. The van der Waals surface area contributed by atoms with Gasteiger partial charge in [0.15, 0.2) is 11.0 Å². The Kier molecular flexibility index (Phi) is 6.52. The van der Waals surface area contributed by atoms with Crippen LogP contribution in [0.3, 0.4) is 0 Å². The summed E-state index contributed by atoms with van der Waals surface area (Å²) in [5.41, 5.74) is 8.87. The SMILES string of the molecule is NC(=O)c1ccc(-c2nc(CSc3nnc(CN4CCCC4)n3-c3ccccc3)cs2)cc1. The first-order valence-corrected chi connectivity index (χ1v) is 12.7. The van der Waals surface area contributed by atoms with Crippen molar-refractivity contribution in [2.24, 2.45) is 5.73 Å². The number of aromatic nitrogens is 4. The average Bonchev–Trinajstić information content (AvgIpc) is 3.60. The number of hydrogen-bond donors (Lipinski definition) is 1. The smallest absolute Gasteiger partial charge is 0.248 e. The molecule has 33 heavy (non-hydrogen) atoms. The van der Waals surface area contributed by atoms with Crippen LogP contribution in [-0.4, -0.2) is 43.6 Å². The van der Waals surface area contributed by atoms with Crippen LogP contribution in [0.25, 0.3) is 16.3 Å². The van der Waals surface area contributed by atoms with Gasteiger partial charge in [-0.25, -0.2) is 4.98 Å². The van der Waals surface area contributed by atoms with Crippen molar-refractivity contribution in [2.75, 3.05) is 13.1 Å². The lowest BCUT2D eigenvalue weighted by atomic mass is 10.1. The number of primary amides is 1. The van der Waals surface area contributed by atoms with Crippen LogP contribution in [0, 0.1) is 0 Å². The van der Waals surface area contributed by atoms with Crippen molar-refractivity contribution in [3.05, 3.63) is 77.1 Å². The summed E-state index contributed by atoms with van der Waals surface area (Å²) in [7, 11) is 0. The average molecular weight is 477 g/mol. The fourth-order valence-corrected chi connectivity index (χ4v) is 5.69. The van der Waals surface area contributed by atoms with Crippen LogP contribution < -0.4 is 5.73 Å². The molecule has 3 heterocycles. The molecule has 2 N–H and O–H groups in total. The lowest BCUT2D eigenvalue weighted by Gasteiger charge is -2.15. The lowest BCUT2D eigenvalue weighted by Crippen LogP contribution is -2.21. The topological polar surface area (TPSA) is 89.9 Å². The maximum atomic E-state index is 11.3. The van der Waals surface area contributed by atoms with E-state index in [9.17, 15) is 4.79 Å². The maximum Gasteiger partial charge on any atom is 0.248 e. The summed E-state index contributed by atoms with van der Waals surface area (Å²) in [5.74, 6) is 1.24. The van der Waals surface area contributed by atoms with Crippen LogP contribution in [0.4, 0.5) is 0 Å². The van der Waals surface area contributed by atoms with E-state index in [0.717, 1.165) is 52.6 Å². The van der Waals surface area contributed by atoms with E-state index in [2.05, 4.69) is 37.2 Å². The highest BCUT2D eigenvalue weighted by atomic mass is 32.2. The van der Waals surface area contributed by atoms with Crippen molar-refractivity contribution < 1.29 is 4.79 Å². The first-order chi connectivity index (χ1) is 16.2. The van der Waals surface area contributed by atoms with E-state index in [1.165, 1.54) is 12.8 Å². The number of thiazole rings is 1. The number of amides is 1. The standard InChI is InChI=1S/C24H24N6OS2/c25-22(31)17-8-10-18(11-9-17)23-26-19(15-32-23)16-33-24-28-27-21(14-29-12-4-5-13-29)30(24)20-6-2-1-3-7-20/h1-3,6-11,15H,4-5,12-14,16H2,(H2,25,31). The summed E-state index contributed by atoms with van der Waals surface area (Å²) in [4.78, 5) is 18.5. The molecule has 2 aromatic heterocycles. The minimum absolute atomic E-state index is 0.426. The third-order valence-corrected chi connectivity index (χ3v) is 7.50. The number of carbonyl (C=O) groups excluding carboxylic acids is 1. The summed E-state index contributed by atoms with van der Waals surface area (Å²) in [6.45, 7) is 3.04. The van der Waals surface area contributed by atoms with Gasteiger partial charge in [0.25, 0.3) is 0 Å². The molecule has 9 heteroatoms. The molecule has 0 unspecified atom stereocenters. The molecular weight excluding hydrogens is 452 g/mol. The van der Waals surface area contributed by atoms with Gasteiger partial charge in [-0.05, 0) is 50.2 Å². The molecular formula is C24H24N6OS2. The van der Waals surface area contributed by atoms with Crippen molar-refractivity contribution in [1.82, 2.24) is 24.6 Å². The Balaban J connectivity index is 1.33. The Morgan fingerprint density at radius 3 is 2.52 bits per heavy atom. The largest absolute Gasteiger partial charge is 0.366 e. The molecule has 2 aromatic carbocycles. The Labute approximate surface area is 200 Å². The number of hydrogen-bond acceptors (Lipinski definition) is 7. The second-order valence-electron chi connectivity index (χ2n) is 7.93. The molecule has 5 rings (SSSR count). The van der Waals surface area contributed by atoms with Gasteiger partial charge in [-0.2, -0.15) is 0 Å². The number of likely N-dealkylation sites (tertiary alicyclic amines) is 1. The quantitative estimate of drug-likeness (QED) is 0.380. The minimum Gasteiger partial charge on any atom is -0.366 e. The first kappa shape index (κ1) is 21.8. The molecule has 0 aliphatic carbocycles. The van der Waals surface area contributed by atoms with Crippen LogP contribution >= 0.6 is 23.1 Å². The molecule has 1 amide bonds. The van der Waals surface area contributed by atoms with Gasteiger partial charge >= 0.3 is 0 Å². The number of rotatable bonds is 8. The molecule has 0 atom stereocenters.